The van der Waals surface area contributed by atoms with Gasteiger partial charge in [0.15, 0.2) is 0 Å². The standard InChI is InChI=1S/C20H27O4P.C7H10N2/c1-3-5-12-18(4-2)17-22-25(21,23-19-13-8-6-9-14-19)24-20-15-10-7-11-16-20;1-9(2)7-3-5-8-6-4-7/h6-11,13-16,18H,3-5,12,17H2,1-2H3;3-6H,1-2H3. The van der Waals surface area contributed by atoms with Crippen LogP contribution in [-0.2, 0) is 9.09 Å². The number of benzene rings is 2. The molecule has 3 aromatic rings. The zero-order valence-corrected chi connectivity index (χ0v) is 21.6. The molecule has 7 heteroatoms. The van der Waals surface area contributed by atoms with E-state index in [1.165, 1.54) is 5.69 Å². The van der Waals surface area contributed by atoms with Crippen LogP contribution in [0.5, 0.6) is 11.5 Å². The first-order valence-corrected chi connectivity index (χ1v) is 13.2. The number of hydrogen-bond acceptors (Lipinski definition) is 6. The minimum atomic E-state index is -3.76. The number of aromatic nitrogens is 1. The highest BCUT2D eigenvalue weighted by Crippen LogP contribution is 2.50. The molecule has 0 fully saturated rings. The molecule has 1 unspecified atom stereocenters. The molecule has 0 radical (unpaired) electrons. The topological polar surface area (TPSA) is 60.9 Å². The molecule has 1 atom stereocenters. The highest BCUT2D eigenvalue weighted by Gasteiger charge is 2.31. The zero-order valence-electron chi connectivity index (χ0n) is 20.7. The summed E-state index contributed by atoms with van der Waals surface area (Å²) in [6.07, 6.45) is 7.85. The number of unbranched alkanes of at least 4 members (excludes halogenated alkanes) is 1. The Bertz CT molecular complexity index is 911. The lowest BCUT2D eigenvalue weighted by Gasteiger charge is -2.21. The largest absolute Gasteiger partial charge is 0.587 e. The van der Waals surface area contributed by atoms with Crippen LogP contribution in [0.25, 0.3) is 0 Å². The third kappa shape index (κ3) is 10.4. The number of nitrogens with zero attached hydrogens (tertiary/aromatic N) is 2. The molecule has 2 aromatic carbocycles. The monoisotopic (exact) mass is 484 g/mol. The Balaban J connectivity index is 0.000000379. The summed E-state index contributed by atoms with van der Waals surface area (Å²) in [5.41, 5.74) is 1.19. The molecule has 3 rings (SSSR count). The van der Waals surface area contributed by atoms with Crippen molar-refractivity contribution in [2.75, 3.05) is 25.6 Å². The van der Waals surface area contributed by atoms with Gasteiger partial charge in [0, 0.05) is 32.2 Å². The Morgan fingerprint density at radius 1 is 0.853 bits per heavy atom. The predicted octanol–water partition coefficient (Wildman–Crippen LogP) is 7.63. The Hall–Kier alpha value is -2.82. The van der Waals surface area contributed by atoms with E-state index in [0.29, 0.717) is 24.0 Å². The van der Waals surface area contributed by atoms with Crippen LogP contribution in [0.1, 0.15) is 39.5 Å². The molecule has 0 bridgehead atoms. The second kappa shape index (κ2) is 15.2. The quantitative estimate of drug-likeness (QED) is 0.246. The minimum absolute atomic E-state index is 0.340. The Labute approximate surface area is 204 Å². The first-order valence-electron chi connectivity index (χ1n) is 11.8. The summed E-state index contributed by atoms with van der Waals surface area (Å²) in [4.78, 5) is 5.94. The number of rotatable bonds is 12. The third-order valence-corrected chi connectivity index (χ3v) is 6.45. The molecule has 0 saturated carbocycles. The van der Waals surface area contributed by atoms with Gasteiger partial charge in [-0.15, -0.1) is 0 Å². The first-order chi connectivity index (χ1) is 16.5. The van der Waals surface area contributed by atoms with E-state index in [1.54, 1.807) is 36.7 Å². The lowest BCUT2D eigenvalue weighted by molar-refractivity contribution is 0.170. The fraction of sp³-hybridized carbons (Fsp3) is 0.370. The number of phosphoric acid groups is 1. The Morgan fingerprint density at radius 3 is 1.79 bits per heavy atom. The van der Waals surface area contributed by atoms with Crippen LogP contribution in [0.15, 0.2) is 85.2 Å². The van der Waals surface area contributed by atoms with E-state index >= 15 is 0 Å². The summed E-state index contributed by atoms with van der Waals surface area (Å²) in [6, 6.07) is 21.9. The molecule has 0 aliphatic heterocycles. The van der Waals surface area contributed by atoms with Gasteiger partial charge in [-0.05, 0) is 48.7 Å². The Kier molecular flexibility index (Phi) is 12.2. The van der Waals surface area contributed by atoms with Crippen LogP contribution in [0.3, 0.4) is 0 Å². The fourth-order valence-corrected chi connectivity index (χ4v) is 4.33. The number of pyridine rings is 1. The summed E-state index contributed by atoms with van der Waals surface area (Å²) in [7, 11) is 0.256. The van der Waals surface area contributed by atoms with Crippen LogP contribution in [-0.4, -0.2) is 25.7 Å². The van der Waals surface area contributed by atoms with Gasteiger partial charge in [-0.25, -0.2) is 4.57 Å². The van der Waals surface area contributed by atoms with Gasteiger partial charge in [0.25, 0.3) is 0 Å². The average Bonchev–Trinajstić information content (AvgIpc) is 2.86. The van der Waals surface area contributed by atoms with Crippen molar-refractivity contribution >= 4 is 13.5 Å². The van der Waals surface area contributed by atoms with E-state index in [1.807, 2.05) is 67.5 Å². The smallest absolute Gasteiger partial charge is 0.395 e. The van der Waals surface area contributed by atoms with E-state index < -0.39 is 7.82 Å². The predicted molar refractivity (Wildman–Crippen MR) is 140 cm³/mol. The van der Waals surface area contributed by atoms with E-state index in [9.17, 15) is 4.57 Å². The van der Waals surface area contributed by atoms with Gasteiger partial charge in [0.1, 0.15) is 11.5 Å². The second-order valence-corrected chi connectivity index (χ2v) is 9.59. The van der Waals surface area contributed by atoms with Gasteiger partial charge in [-0.3, -0.25) is 9.51 Å². The molecule has 0 spiro atoms. The van der Waals surface area contributed by atoms with Crippen LogP contribution < -0.4 is 13.9 Å². The number of hydrogen-bond donors (Lipinski definition) is 0. The van der Waals surface area contributed by atoms with Gasteiger partial charge in [0.05, 0.1) is 6.61 Å². The first kappa shape index (κ1) is 27.4. The van der Waals surface area contributed by atoms with E-state index in [0.717, 1.165) is 25.7 Å². The maximum Gasteiger partial charge on any atom is 0.587 e. The molecule has 0 aliphatic rings. The molecule has 6 nitrogen and oxygen atoms in total. The van der Waals surface area contributed by atoms with Crippen molar-refractivity contribution in [3.63, 3.8) is 0 Å². The van der Waals surface area contributed by atoms with Crippen molar-refractivity contribution in [3.8, 4) is 11.5 Å². The SMILES string of the molecule is CCCCC(CC)COP(=O)(Oc1ccccc1)Oc1ccccc1.CN(C)c1ccncc1. The van der Waals surface area contributed by atoms with Crippen molar-refractivity contribution in [1.82, 2.24) is 4.98 Å². The molecule has 0 aliphatic carbocycles. The van der Waals surface area contributed by atoms with Gasteiger partial charge in [-0.2, -0.15) is 0 Å². The molecule has 1 aromatic heterocycles. The highest BCUT2D eigenvalue weighted by atomic mass is 31.2. The van der Waals surface area contributed by atoms with Crippen molar-refractivity contribution in [2.24, 2.45) is 5.92 Å². The molecular weight excluding hydrogens is 447 g/mol. The van der Waals surface area contributed by atoms with Gasteiger partial charge < -0.3 is 13.9 Å². The van der Waals surface area contributed by atoms with Crippen LogP contribution in [0, 0.1) is 5.92 Å². The minimum Gasteiger partial charge on any atom is -0.395 e. The van der Waals surface area contributed by atoms with Crippen molar-refractivity contribution in [3.05, 3.63) is 85.2 Å². The van der Waals surface area contributed by atoms with Crippen LogP contribution in [0.2, 0.25) is 0 Å². The number of anilines is 1. The van der Waals surface area contributed by atoms with E-state index in [-0.39, 0.29) is 0 Å². The van der Waals surface area contributed by atoms with Crippen LogP contribution >= 0.6 is 7.82 Å². The Morgan fingerprint density at radius 2 is 1.38 bits per heavy atom. The van der Waals surface area contributed by atoms with Gasteiger partial charge in [-0.1, -0.05) is 69.5 Å². The van der Waals surface area contributed by atoms with E-state index in [2.05, 4.69) is 18.8 Å². The zero-order chi connectivity index (χ0) is 24.7. The highest BCUT2D eigenvalue weighted by molar-refractivity contribution is 7.49. The van der Waals surface area contributed by atoms with Crippen LogP contribution in [0.4, 0.5) is 5.69 Å². The lowest BCUT2D eigenvalue weighted by atomic mass is 10.0. The third-order valence-electron chi connectivity index (χ3n) is 5.11. The average molecular weight is 485 g/mol. The number of phosphoric ester groups is 1. The molecule has 0 N–H and O–H groups in total. The van der Waals surface area contributed by atoms with Crippen molar-refractivity contribution in [1.29, 1.82) is 0 Å². The molecular formula is C27H37N2O4P. The normalized spacial score (nSPS) is 11.6. The summed E-state index contributed by atoms with van der Waals surface area (Å²) in [5.74, 6) is 1.26. The summed E-state index contributed by atoms with van der Waals surface area (Å²) in [6.45, 7) is 4.63. The lowest BCUT2D eigenvalue weighted by Crippen LogP contribution is -2.12. The maximum atomic E-state index is 13.2. The fourth-order valence-electron chi connectivity index (χ4n) is 3.03. The van der Waals surface area contributed by atoms with Crippen molar-refractivity contribution in [2.45, 2.75) is 39.5 Å². The van der Waals surface area contributed by atoms with Gasteiger partial charge in [0.2, 0.25) is 0 Å². The molecule has 0 amide bonds. The number of para-hydroxylation sites is 2. The van der Waals surface area contributed by atoms with E-state index in [4.69, 9.17) is 13.6 Å². The second-order valence-electron chi connectivity index (χ2n) is 8.07. The molecule has 184 valence electrons. The molecule has 0 saturated heterocycles. The molecule has 1 heterocycles. The maximum absolute atomic E-state index is 13.2. The van der Waals surface area contributed by atoms with Gasteiger partial charge >= 0.3 is 7.82 Å². The summed E-state index contributed by atoms with van der Waals surface area (Å²) < 4.78 is 30.1. The summed E-state index contributed by atoms with van der Waals surface area (Å²) >= 11 is 0. The summed E-state index contributed by atoms with van der Waals surface area (Å²) in [5, 5.41) is 0. The molecule has 34 heavy (non-hydrogen) atoms. The van der Waals surface area contributed by atoms with Crippen molar-refractivity contribution < 1.29 is 18.1 Å².